The van der Waals surface area contributed by atoms with Gasteiger partial charge in [-0.05, 0) is 42.8 Å². The van der Waals surface area contributed by atoms with E-state index < -0.39 is 17.4 Å². The molecule has 2 aromatic rings. The number of aliphatic carboxylic acids is 1. The molecule has 0 unspecified atom stereocenters. The fourth-order valence-electron chi connectivity index (χ4n) is 2.13. The standard InChI is InChI=1S/C19H15ClFNO4/c1-2-25-18-9-12(8-13(10-22)19(23)24)6-7-17(18)26-11-14-15(20)4-3-5-16(14)21/h3-9H,2,11H2,1H3,(H,23,24). The summed E-state index contributed by atoms with van der Waals surface area (Å²) in [6.07, 6.45) is 1.22. The molecular formula is C19H15ClFNO4. The van der Waals surface area contributed by atoms with Crippen LogP contribution in [0, 0.1) is 17.1 Å². The summed E-state index contributed by atoms with van der Waals surface area (Å²) in [4.78, 5) is 10.9. The van der Waals surface area contributed by atoms with E-state index in [1.807, 2.05) is 0 Å². The third-order valence-corrected chi connectivity index (χ3v) is 3.72. The molecule has 0 amide bonds. The van der Waals surface area contributed by atoms with Crippen molar-refractivity contribution in [2.75, 3.05) is 6.61 Å². The monoisotopic (exact) mass is 375 g/mol. The summed E-state index contributed by atoms with van der Waals surface area (Å²) in [5, 5.41) is 18.0. The van der Waals surface area contributed by atoms with E-state index in [0.29, 0.717) is 23.7 Å². The van der Waals surface area contributed by atoms with Crippen LogP contribution >= 0.6 is 11.6 Å². The van der Waals surface area contributed by atoms with E-state index in [-0.39, 0.29) is 17.2 Å². The third kappa shape index (κ3) is 4.74. The quantitative estimate of drug-likeness (QED) is 0.571. The molecule has 0 aliphatic heterocycles. The number of carbonyl (C=O) groups is 1. The second kappa shape index (κ2) is 8.88. The number of ether oxygens (including phenoxy) is 2. The minimum atomic E-state index is -1.32. The first-order chi connectivity index (χ1) is 12.5. The lowest BCUT2D eigenvalue weighted by Crippen LogP contribution is -2.02. The number of hydrogen-bond acceptors (Lipinski definition) is 4. The van der Waals surface area contributed by atoms with Crippen LogP contribution in [-0.2, 0) is 11.4 Å². The predicted octanol–water partition coefficient (Wildman–Crippen LogP) is 4.45. The van der Waals surface area contributed by atoms with Crippen LogP contribution in [0.3, 0.4) is 0 Å². The van der Waals surface area contributed by atoms with Crippen LogP contribution in [0.15, 0.2) is 42.0 Å². The van der Waals surface area contributed by atoms with Crippen LogP contribution < -0.4 is 9.47 Å². The van der Waals surface area contributed by atoms with Crippen molar-refractivity contribution in [1.29, 1.82) is 5.26 Å². The van der Waals surface area contributed by atoms with Crippen molar-refractivity contribution in [2.45, 2.75) is 13.5 Å². The number of nitriles is 1. The van der Waals surface area contributed by atoms with E-state index in [2.05, 4.69) is 0 Å². The largest absolute Gasteiger partial charge is 0.490 e. The summed E-state index contributed by atoms with van der Waals surface area (Å²) in [5.41, 5.74) is 0.279. The molecule has 2 rings (SSSR count). The third-order valence-electron chi connectivity index (χ3n) is 3.36. The Morgan fingerprint density at radius 2 is 2.08 bits per heavy atom. The maximum absolute atomic E-state index is 13.8. The summed E-state index contributed by atoms with van der Waals surface area (Å²) in [6.45, 7) is 2.02. The van der Waals surface area contributed by atoms with Gasteiger partial charge in [0.25, 0.3) is 0 Å². The van der Waals surface area contributed by atoms with E-state index in [4.69, 9.17) is 31.4 Å². The van der Waals surface area contributed by atoms with E-state index in [0.717, 1.165) is 0 Å². The van der Waals surface area contributed by atoms with E-state index >= 15 is 0 Å². The van der Waals surface area contributed by atoms with Crippen molar-refractivity contribution in [2.24, 2.45) is 0 Å². The van der Waals surface area contributed by atoms with Gasteiger partial charge in [0, 0.05) is 5.56 Å². The fourth-order valence-corrected chi connectivity index (χ4v) is 2.35. The summed E-state index contributed by atoms with van der Waals surface area (Å²) in [7, 11) is 0. The molecule has 0 heterocycles. The molecule has 1 N–H and O–H groups in total. The molecule has 0 atom stereocenters. The normalized spacial score (nSPS) is 10.9. The van der Waals surface area contributed by atoms with Gasteiger partial charge >= 0.3 is 5.97 Å². The molecule has 0 saturated heterocycles. The van der Waals surface area contributed by atoms with Gasteiger partial charge in [-0.2, -0.15) is 5.26 Å². The second-order valence-corrected chi connectivity index (χ2v) is 5.51. The minimum Gasteiger partial charge on any atom is -0.490 e. The van der Waals surface area contributed by atoms with Crippen LogP contribution in [0.4, 0.5) is 4.39 Å². The smallest absolute Gasteiger partial charge is 0.346 e. The van der Waals surface area contributed by atoms with E-state index in [9.17, 15) is 9.18 Å². The Bertz CT molecular complexity index is 869. The van der Waals surface area contributed by atoms with E-state index in [1.54, 1.807) is 37.3 Å². The van der Waals surface area contributed by atoms with Gasteiger partial charge in [-0.25, -0.2) is 9.18 Å². The average Bonchev–Trinajstić information content (AvgIpc) is 2.60. The molecule has 0 spiro atoms. The zero-order valence-electron chi connectivity index (χ0n) is 13.8. The van der Waals surface area contributed by atoms with Crippen LogP contribution in [0.2, 0.25) is 5.02 Å². The van der Waals surface area contributed by atoms with Gasteiger partial charge < -0.3 is 14.6 Å². The zero-order chi connectivity index (χ0) is 19.1. The number of carboxylic acids is 1. The molecule has 0 bridgehead atoms. The number of carboxylic acid groups (broad SMARTS) is 1. The van der Waals surface area contributed by atoms with Gasteiger partial charge in [0.2, 0.25) is 0 Å². The highest BCUT2D eigenvalue weighted by molar-refractivity contribution is 6.31. The first kappa shape index (κ1) is 19.3. The molecule has 0 radical (unpaired) electrons. The minimum absolute atomic E-state index is 0.0979. The van der Waals surface area contributed by atoms with Gasteiger partial charge in [-0.1, -0.05) is 23.7 Å². The van der Waals surface area contributed by atoms with Gasteiger partial charge in [0.15, 0.2) is 11.5 Å². The first-order valence-electron chi connectivity index (χ1n) is 7.63. The molecule has 0 saturated carbocycles. The SMILES string of the molecule is CCOc1cc(C=C(C#N)C(=O)O)ccc1OCc1c(F)cccc1Cl. The topological polar surface area (TPSA) is 79.5 Å². The molecule has 0 fully saturated rings. The molecular weight excluding hydrogens is 361 g/mol. The molecule has 0 aliphatic carbocycles. The summed E-state index contributed by atoms with van der Waals surface area (Å²) >= 11 is 5.98. The molecule has 0 aliphatic rings. The Labute approximate surface area is 154 Å². The van der Waals surface area contributed by atoms with Crippen LogP contribution in [0.25, 0.3) is 6.08 Å². The molecule has 134 valence electrons. The maximum Gasteiger partial charge on any atom is 0.346 e. The number of hydrogen-bond donors (Lipinski definition) is 1. The molecule has 7 heteroatoms. The van der Waals surface area contributed by atoms with Crippen molar-refractivity contribution in [3.8, 4) is 17.6 Å². The van der Waals surface area contributed by atoms with Crippen molar-refractivity contribution in [3.05, 3.63) is 63.9 Å². The summed E-state index contributed by atoms with van der Waals surface area (Å²) in [5.74, 6) is -1.11. The Balaban J connectivity index is 2.29. The lowest BCUT2D eigenvalue weighted by atomic mass is 10.1. The number of nitrogens with zero attached hydrogens (tertiary/aromatic N) is 1. The highest BCUT2D eigenvalue weighted by atomic mass is 35.5. The average molecular weight is 376 g/mol. The highest BCUT2D eigenvalue weighted by Crippen LogP contribution is 2.31. The number of benzene rings is 2. The predicted molar refractivity (Wildman–Crippen MR) is 94.6 cm³/mol. The highest BCUT2D eigenvalue weighted by Gasteiger charge is 2.12. The lowest BCUT2D eigenvalue weighted by Gasteiger charge is -2.13. The fraction of sp³-hybridized carbons (Fsp3) is 0.158. The Hall–Kier alpha value is -3.04. The summed E-state index contributed by atoms with van der Waals surface area (Å²) in [6, 6.07) is 10.6. The van der Waals surface area contributed by atoms with Gasteiger partial charge in [0.1, 0.15) is 24.1 Å². The lowest BCUT2D eigenvalue weighted by molar-refractivity contribution is -0.132. The first-order valence-corrected chi connectivity index (χ1v) is 8.01. The Kier molecular flexibility index (Phi) is 6.59. The van der Waals surface area contributed by atoms with Crippen molar-refractivity contribution >= 4 is 23.6 Å². The van der Waals surface area contributed by atoms with Crippen LogP contribution in [-0.4, -0.2) is 17.7 Å². The second-order valence-electron chi connectivity index (χ2n) is 5.10. The molecule has 26 heavy (non-hydrogen) atoms. The Morgan fingerprint density at radius 1 is 1.31 bits per heavy atom. The van der Waals surface area contributed by atoms with Crippen LogP contribution in [0.5, 0.6) is 11.5 Å². The maximum atomic E-state index is 13.8. The number of halogens is 2. The molecule has 0 aromatic heterocycles. The zero-order valence-corrected chi connectivity index (χ0v) is 14.6. The Morgan fingerprint density at radius 3 is 2.69 bits per heavy atom. The van der Waals surface area contributed by atoms with Crippen molar-refractivity contribution in [3.63, 3.8) is 0 Å². The van der Waals surface area contributed by atoms with Crippen LogP contribution in [0.1, 0.15) is 18.1 Å². The van der Waals surface area contributed by atoms with Gasteiger partial charge in [0.05, 0.1) is 11.6 Å². The molecule has 5 nitrogen and oxygen atoms in total. The van der Waals surface area contributed by atoms with Crippen molar-refractivity contribution in [1.82, 2.24) is 0 Å². The van der Waals surface area contributed by atoms with Crippen molar-refractivity contribution < 1.29 is 23.8 Å². The van der Waals surface area contributed by atoms with E-state index in [1.165, 1.54) is 18.2 Å². The summed E-state index contributed by atoms with van der Waals surface area (Å²) < 4.78 is 24.9. The van der Waals surface area contributed by atoms with Gasteiger partial charge in [-0.3, -0.25) is 0 Å². The van der Waals surface area contributed by atoms with Gasteiger partial charge in [-0.15, -0.1) is 0 Å². The number of rotatable bonds is 7. The molecule has 2 aromatic carbocycles.